The predicted octanol–water partition coefficient (Wildman–Crippen LogP) is 3.23. The standard InChI is InChI=1S/C19H23ClFN5O2S/c1-2-11(6-14-12(20)3-4-29-14)25-18-15-19(23-8-22-18)26(9-24-15)13-5-10(7-21)16(27)17(13)28/h3-4,8-11,13,16-17,27-28H,2,5-7H2,1H3,(H,22,23,25). The Morgan fingerprint density at radius 2 is 2.17 bits per heavy atom. The van der Waals surface area contributed by atoms with Crippen molar-refractivity contribution in [1.82, 2.24) is 19.5 Å². The third kappa shape index (κ3) is 3.84. The molecule has 1 fully saturated rings. The van der Waals surface area contributed by atoms with E-state index in [-0.39, 0.29) is 6.04 Å². The molecule has 3 aromatic heterocycles. The molecule has 3 N–H and O–H groups in total. The molecule has 3 heterocycles. The first kappa shape index (κ1) is 20.5. The smallest absolute Gasteiger partial charge is 0.165 e. The molecule has 0 amide bonds. The molecule has 0 saturated heterocycles. The van der Waals surface area contributed by atoms with Crippen LogP contribution in [-0.4, -0.2) is 54.7 Å². The summed E-state index contributed by atoms with van der Waals surface area (Å²) in [5, 5.41) is 26.6. The number of fused-ring (bicyclic) bond motifs is 1. The van der Waals surface area contributed by atoms with Gasteiger partial charge in [0.25, 0.3) is 0 Å². The van der Waals surface area contributed by atoms with Crippen LogP contribution in [0.3, 0.4) is 0 Å². The third-order valence-corrected chi connectivity index (χ3v) is 7.05. The Hall–Kier alpha value is -1.81. The van der Waals surface area contributed by atoms with Gasteiger partial charge in [0.2, 0.25) is 0 Å². The number of halogens is 2. The van der Waals surface area contributed by atoms with E-state index >= 15 is 0 Å². The lowest BCUT2D eigenvalue weighted by Crippen LogP contribution is -2.30. The number of nitrogens with zero attached hydrogens (tertiary/aromatic N) is 4. The Labute approximate surface area is 176 Å². The molecule has 10 heteroatoms. The van der Waals surface area contributed by atoms with Gasteiger partial charge in [0.05, 0.1) is 30.2 Å². The van der Waals surface area contributed by atoms with Crippen molar-refractivity contribution < 1.29 is 14.6 Å². The van der Waals surface area contributed by atoms with Crippen molar-refractivity contribution in [2.24, 2.45) is 5.92 Å². The van der Waals surface area contributed by atoms with Crippen molar-refractivity contribution in [3.8, 4) is 0 Å². The molecule has 7 nitrogen and oxygen atoms in total. The van der Waals surface area contributed by atoms with Crippen molar-refractivity contribution >= 4 is 39.9 Å². The quantitative estimate of drug-likeness (QED) is 0.523. The number of alkyl halides is 1. The minimum atomic E-state index is -1.10. The highest BCUT2D eigenvalue weighted by Gasteiger charge is 2.43. The normalized spacial score (nSPS) is 25.6. The number of imidazole rings is 1. The molecule has 5 unspecified atom stereocenters. The fourth-order valence-corrected chi connectivity index (χ4v) is 5.11. The monoisotopic (exact) mass is 439 g/mol. The lowest BCUT2D eigenvalue weighted by atomic mass is 10.1. The number of anilines is 1. The maximum absolute atomic E-state index is 13.1. The Balaban J connectivity index is 1.60. The van der Waals surface area contributed by atoms with Crippen LogP contribution in [0.2, 0.25) is 5.02 Å². The molecule has 5 atom stereocenters. The molecule has 0 bridgehead atoms. The fraction of sp³-hybridized carbons (Fsp3) is 0.526. The van der Waals surface area contributed by atoms with Crippen molar-refractivity contribution in [1.29, 1.82) is 0 Å². The number of aromatic nitrogens is 4. The van der Waals surface area contributed by atoms with E-state index in [0.717, 1.165) is 22.7 Å². The molecule has 4 rings (SSSR count). The van der Waals surface area contributed by atoms with Gasteiger partial charge in [-0.2, -0.15) is 0 Å². The maximum Gasteiger partial charge on any atom is 0.165 e. The summed E-state index contributed by atoms with van der Waals surface area (Å²) in [5.41, 5.74) is 1.12. The van der Waals surface area contributed by atoms with E-state index in [0.29, 0.717) is 23.4 Å². The summed E-state index contributed by atoms with van der Waals surface area (Å²) < 4.78 is 14.9. The molecule has 1 aliphatic rings. The van der Waals surface area contributed by atoms with E-state index in [4.69, 9.17) is 11.6 Å². The van der Waals surface area contributed by atoms with Crippen molar-refractivity contribution in [3.05, 3.63) is 34.0 Å². The highest BCUT2D eigenvalue weighted by atomic mass is 35.5. The van der Waals surface area contributed by atoms with E-state index in [9.17, 15) is 14.6 Å². The highest BCUT2D eigenvalue weighted by Crippen LogP contribution is 2.37. The molecule has 0 spiro atoms. The summed E-state index contributed by atoms with van der Waals surface area (Å²) in [7, 11) is 0. The summed E-state index contributed by atoms with van der Waals surface area (Å²) in [6.07, 6.45) is 2.81. The lowest BCUT2D eigenvalue weighted by Gasteiger charge is -2.19. The van der Waals surface area contributed by atoms with Crippen molar-refractivity contribution in [2.45, 2.75) is 50.5 Å². The molecular weight excluding hydrogens is 417 g/mol. The topological polar surface area (TPSA) is 96.1 Å². The van der Waals surface area contributed by atoms with E-state index in [2.05, 4.69) is 27.2 Å². The first-order valence-electron chi connectivity index (χ1n) is 9.61. The van der Waals surface area contributed by atoms with Gasteiger partial charge in [0.15, 0.2) is 11.5 Å². The van der Waals surface area contributed by atoms with E-state index in [1.54, 1.807) is 22.2 Å². The van der Waals surface area contributed by atoms with Gasteiger partial charge >= 0.3 is 0 Å². The van der Waals surface area contributed by atoms with Crippen LogP contribution in [-0.2, 0) is 6.42 Å². The first-order chi connectivity index (χ1) is 14.0. The zero-order chi connectivity index (χ0) is 20.5. The lowest BCUT2D eigenvalue weighted by molar-refractivity contribution is 0.00271. The van der Waals surface area contributed by atoms with Crippen LogP contribution in [0.4, 0.5) is 10.2 Å². The molecule has 29 heavy (non-hydrogen) atoms. The second-order valence-corrected chi connectivity index (χ2v) is 8.80. The number of aliphatic hydroxyl groups is 2. The first-order valence-corrected chi connectivity index (χ1v) is 10.9. The zero-order valence-electron chi connectivity index (χ0n) is 15.9. The molecule has 3 aromatic rings. The van der Waals surface area contributed by atoms with Crippen LogP contribution in [0.1, 0.15) is 30.7 Å². The minimum Gasteiger partial charge on any atom is -0.390 e. The van der Waals surface area contributed by atoms with E-state index in [1.165, 1.54) is 6.33 Å². The Morgan fingerprint density at radius 1 is 1.34 bits per heavy atom. The molecule has 0 aromatic carbocycles. The predicted molar refractivity (Wildman–Crippen MR) is 111 cm³/mol. The van der Waals surface area contributed by atoms with Crippen LogP contribution in [0, 0.1) is 5.92 Å². The van der Waals surface area contributed by atoms with Crippen LogP contribution < -0.4 is 5.32 Å². The second kappa shape index (κ2) is 8.51. The van der Waals surface area contributed by atoms with Gasteiger partial charge in [0, 0.05) is 23.3 Å². The Kier molecular flexibility index (Phi) is 6.00. The molecular formula is C19H23ClFN5O2S. The summed E-state index contributed by atoms with van der Waals surface area (Å²) >= 11 is 7.86. The van der Waals surface area contributed by atoms with Crippen LogP contribution in [0.15, 0.2) is 24.1 Å². The van der Waals surface area contributed by atoms with Gasteiger partial charge in [-0.1, -0.05) is 18.5 Å². The van der Waals surface area contributed by atoms with Crippen molar-refractivity contribution in [3.63, 3.8) is 0 Å². The van der Waals surface area contributed by atoms with Crippen LogP contribution >= 0.6 is 22.9 Å². The Morgan fingerprint density at radius 3 is 2.83 bits per heavy atom. The SMILES string of the molecule is CCC(Cc1sccc1Cl)Nc1ncnc2c1ncn2C1CC(CF)C(O)C1O. The molecule has 0 radical (unpaired) electrons. The number of hydrogen-bond donors (Lipinski definition) is 3. The third-order valence-electron chi connectivity index (χ3n) is 5.64. The summed E-state index contributed by atoms with van der Waals surface area (Å²) in [5.74, 6) is 0.00949. The van der Waals surface area contributed by atoms with E-state index in [1.807, 2.05) is 11.4 Å². The fourth-order valence-electron chi connectivity index (χ4n) is 3.91. The average Bonchev–Trinajstić information content (AvgIpc) is 3.41. The zero-order valence-corrected chi connectivity index (χ0v) is 17.4. The number of hydrogen-bond acceptors (Lipinski definition) is 7. The highest BCUT2D eigenvalue weighted by molar-refractivity contribution is 7.10. The largest absolute Gasteiger partial charge is 0.390 e. The number of nitrogens with one attached hydrogen (secondary N) is 1. The van der Waals surface area contributed by atoms with E-state index < -0.39 is 30.8 Å². The Bertz CT molecular complexity index is 983. The second-order valence-electron chi connectivity index (χ2n) is 7.39. The van der Waals surface area contributed by atoms with Crippen LogP contribution in [0.5, 0.6) is 0 Å². The summed E-state index contributed by atoms with van der Waals surface area (Å²) in [6.45, 7) is 1.41. The van der Waals surface area contributed by atoms with Crippen LogP contribution in [0.25, 0.3) is 11.2 Å². The van der Waals surface area contributed by atoms with Gasteiger partial charge in [-0.25, -0.2) is 15.0 Å². The van der Waals surface area contributed by atoms with Gasteiger partial charge in [-0.15, -0.1) is 11.3 Å². The summed E-state index contributed by atoms with van der Waals surface area (Å²) in [6, 6.07) is 1.53. The van der Waals surface area contributed by atoms with Gasteiger partial charge in [-0.05, 0) is 24.3 Å². The van der Waals surface area contributed by atoms with Gasteiger partial charge in [0.1, 0.15) is 17.9 Å². The molecule has 156 valence electrons. The van der Waals surface area contributed by atoms with Gasteiger partial charge < -0.3 is 20.1 Å². The number of thiophene rings is 1. The number of aliphatic hydroxyl groups excluding tert-OH is 2. The molecule has 0 aliphatic heterocycles. The van der Waals surface area contributed by atoms with Gasteiger partial charge in [-0.3, -0.25) is 4.39 Å². The minimum absolute atomic E-state index is 0.115. The molecule has 1 saturated carbocycles. The summed E-state index contributed by atoms with van der Waals surface area (Å²) in [4.78, 5) is 14.2. The molecule has 1 aliphatic carbocycles. The maximum atomic E-state index is 13.1. The van der Waals surface area contributed by atoms with Crippen molar-refractivity contribution in [2.75, 3.05) is 12.0 Å². The number of rotatable bonds is 7. The average molecular weight is 440 g/mol.